The van der Waals surface area contributed by atoms with Crippen molar-refractivity contribution >= 4 is 17.5 Å². The molecule has 0 radical (unpaired) electrons. The lowest BCUT2D eigenvalue weighted by molar-refractivity contribution is -0.115. The molecular weight excluding hydrogens is 354 g/mol. The molecule has 7 nitrogen and oxygen atoms in total. The second kappa shape index (κ2) is 7.64. The van der Waals surface area contributed by atoms with Crippen molar-refractivity contribution in [2.24, 2.45) is 0 Å². The topological polar surface area (TPSA) is 80.1 Å². The first kappa shape index (κ1) is 17.9. The predicted octanol–water partition coefficient (Wildman–Crippen LogP) is 2.46. The zero-order valence-electron chi connectivity index (χ0n) is 15.6. The number of anilines is 2. The number of fused-ring (bicyclic) bond motifs is 1. The maximum Gasteiger partial charge on any atom is 0.258 e. The minimum atomic E-state index is -0.145. The summed E-state index contributed by atoms with van der Waals surface area (Å²) in [6.07, 6.45) is 2.47. The summed E-state index contributed by atoms with van der Waals surface area (Å²) in [5, 5.41) is 2.88. The van der Waals surface area contributed by atoms with Crippen LogP contribution < -0.4 is 15.8 Å². The van der Waals surface area contributed by atoms with Gasteiger partial charge in [0.1, 0.15) is 12.2 Å². The third kappa shape index (κ3) is 3.51. The van der Waals surface area contributed by atoms with Crippen molar-refractivity contribution in [1.82, 2.24) is 14.5 Å². The molecule has 0 unspecified atom stereocenters. The summed E-state index contributed by atoms with van der Waals surface area (Å²) in [6, 6.07) is 14.8. The first-order chi connectivity index (χ1) is 13.6. The Morgan fingerprint density at radius 3 is 2.64 bits per heavy atom. The van der Waals surface area contributed by atoms with E-state index >= 15 is 0 Å². The molecule has 1 N–H and O–H groups in total. The summed E-state index contributed by atoms with van der Waals surface area (Å²) in [7, 11) is 0. The Morgan fingerprint density at radius 2 is 1.89 bits per heavy atom. The molecular formula is C21H21N5O2. The minimum Gasteiger partial charge on any atom is -0.333 e. The summed E-state index contributed by atoms with van der Waals surface area (Å²) in [6.45, 7) is 3.17. The summed E-state index contributed by atoms with van der Waals surface area (Å²) < 4.78 is 1.65. The van der Waals surface area contributed by atoms with E-state index in [9.17, 15) is 9.59 Å². The van der Waals surface area contributed by atoms with Crippen LogP contribution in [0, 0.1) is 6.92 Å². The van der Waals surface area contributed by atoms with Crippen LogP contribution >= 0.6 is 0 Å². The molecule has 0 saturated carbocycles. The van der Waals surface area contributed by atoms with E-state index in [2.05, 4.69) is 10.3 Å². The van der Waals surface area contributed by atoms with Crippen LogP contribution in [-0.2, 0) is 11.3 Å². The molecule has 0 bridgehead atoms. The fourth-order valence-electron chi connectivity index (χ4n) is 3.40. The predicted molar refractivity (Wildman–Crippen MR) is 108 cm³/mol. The van der Waals surface area contributed by atoms with Gasteiger partial charge in [0.2, 0.25) is 11.9 Å². The highest BCUT2D eigenvalue weighted by Crippen LogP contribution is 2.23. The monoisotopic (exact) mass is 375 g/mol. The number of nitrogens with zero attached hydrogens (tertiary/aromatic N) is 4. The summed E-state index contributed by atoms with van der Waals surface area (Å²) in [5.41, 5.74) is 2.44. The van der Waals surface area contributed by atoms with Crippen molar-refractivity contribution in [2.45, 2.75) is 19.9 Å². The quantitative estimate of drug-likeness (QED) is 0.758. The molecule has 0 atom stereocenters. The molecule has 2 aromatic heterocycles. The lowest BCUT2D eigenvalue weighted by Crippen LogP contribution is -2.43. The van der Waals surface area contributed by atoms with Crippen LogP contribution in [-0.4, -0.2) is 33.5 Å². The molecule has 3 aromatic rings. The summed E-state index contributed by atoms with van der Waals surface area (Å²) in [4.78, 5) is 36.3. The zero-order valence-corrected chi connectivity index (χ0v) is 15.6. The smallest absolute Gasteiger partial charge is 0.258 e. The maximum atomic E-state index is 12.9. The Morgan fingerprint density at radius 1 is 1.11 bits per heavy atom. The van der Waals surface area contributed by atoms with Crippen LogP contribution in [0.5, 0.6) is 0 Å². The number of hydrogen-bond donors (Lipinski definition) is 1. The largest absolute Gasteiger partial charge is 0.333 e. The van der Waals surface area contributed by atoms with E-state index in [4.69, 9.17) is 4.98 Å². The minimum absolute atomic E-state index is 0.0844. The number of rotatable bonds is 4. The Balaban J connectivity index is 1.66. The fraction of sp³-hybridized carbons (Fsp3) is 0.238. The van der Waals surface area contributed by atoms with Gasteiger partial charge in [0, 0.05) is 30.5 Å². The van der Waals surface area contributed by atoms with Crippen LogP contribution in [0.4, 0.5) is 11.6 Å². The van der Waals surface area contributed by atoms with Crippen molar-refractivity contribution < 1.29 is 4.79 Å². The molecule has 4 rings (SSSR count). The lowest BCUT2D eigenvalue weighted by Gasteiger charge is -2.31. The second-order valence-corrected chi connectivity index (χ2v) is 6.75. The van der Waals surface area contributed by atoms with Gasteiger partial charge < -0.3 is 10.2 Å². The van der Waals surface area contributed by atoms with Crippen LogP contribution in [0.25, 0.3) is 11.4 Å². The number of hydrogen-bond acceptors (Lipinski definition) is 5. The van der Waals surface area contributed by atoms with Crippen LogP contribution in [0.3, 0.4) is 0 Å². The lowest BCUT2D eigenvalue weighted by atomic mass is 10.1. The third-order valence-corrected chi connectivity index (χ3v) is 4.77. The molecule has 0 aliphatic carbocycles. The van der Waals surface area contributed by atoms with Gasteiger partial charge in [-0.3, -0.25) is 19.1 Å². The number of benzene rings is 1. The average molecular weight is 375 g/mol. The number of amides is 1. The van der Waals surface area contributed by atoms with Gasteiger partial charge in [-0.25, -0.2) is 4.98 Å². The number of nitrogens with one attached hydrogen (secondary N) is 1. The highest BCUT2D eigenvalue weighted by atomic mass is 16.2. The Kier molecular flexibility index (Phi) is 4.89. The van der Waals surface area contributed by atoms with Crippen molar-refractivity contribution in [1.29, 1.82) is 0 Å². The molecule has 1 amide bonds. The molecule has 7 heteroatoms. The zero-order chi connectivity index (χ0) is 19.5. The molecule has 142 valence electrons. The van der Waals surface area contributed by atoms with E-state index in [-0.39, 0.29) is 18.0 Å². The van der Waals surface area contributed by atoms with Gasteiger partial charge >= 0.3 is 0 Å². The number of pyridine rings is 1. The van der Waals surface area contributed by atoms with E-state index < -0.39 is 0 Å². The highest BCUT2D eigenvalue weighted by Gasteiger charge is 2.24. The summed E-state index contributed by atoms with van der Waals surface area (Å²) in [5.74, 6) is 0.375. The Bertz CT molecular complexity index is 1050. The molecule has 3 heterocycles. The van der Waals surface area contributed by atoms with Gasteiger partial charge in [0.25, 0.3) is 5.56 Å². The number of para-hydroxylation sites is 1. The van der Waals surface area contributed by atoms with E-state index in [1.807, 2.05) is 53.4 Å². The van der Waals surface area contributed by atoms with E-state index in [0.29, 0.717) is 36.0 Å². The van der Waals surface area contributed by atoms with Crippen molar-refractivity contribution in [2.75, 3.05) is 23.3 Å². The molecule has 1 aliphatic rings. The van der Waals surface area contributed by atoms with Gasteiger partial charge in [-0.05, 0) is 37.6 Å². The van der Waals surface area contributed by atoms with Gasteiger partial charge in [-0.15, -0.1) is 0 Å². The molecule has 0 spiro atoms. The van der Waals surface area contributed by atoms with Crippen molar-refractivity contribution in [3.05, 3.63) is 70.6 Å². The second-order valence-electron chi connectivity index (χ2n) is 6.75. The van der Waals surface area contributed by atoms with E-state index in [1.165, 1.54) is 0 Å². The van der Waals surface area contributed by atoms with Crippen LogP contribution in [0.2, 0.25) is 0 Å². The molecule has 1 aliphatic heterocycles. The number of aromatic nitrogens is 3. The average Bonchev–Trinajstić information content (AvgIpc) is 2.72. The molecule has 0 saturated heterocycles. The molecule has 1 aromatic carbocycles. The van der Waals surface area contributed by atoms with Gasteiger partial charge in [-0.1, -0.05) is 24.3 Å². The standard InChI is InChI=1S/C21H21N5O2/c1-15-19(17-10-5-6-11-22-17)24-21-25(12-7-13-26(21)20(15)28)14-18(27)23-16-8-3-2-4-9-16/h2-6,8-11H,7,12-14H2,1H3,(H,23,27). The SMILES string of the molecule is Cc1c(-c2ccccn2)nc2n(c1=O)CCCN2CC(=O)Nc1ccccc1. The third-order valence-electron chi connectivity index (χ3n) is 4.77. The van der Waals surface area contributed by atoms with Crippen molar-refractivity contribution in [3.8, 4) is 11.4 Å². The fourth-order valence-corrected chi connectivity index (χ4v) is 3.40. The van der Waals surface area contributed by atoms with Gasteiger partial charge in [0.05, 0.1) is 5.69 Å². The van der Waals surface area contributed by atoms with Crippen molar-refractivity contribution in [3.63, 3.8) is 0 Å². The maximum absolute atomic E-state index is 12.9. The van der Waals surface area contributed by atoms with Crippen LogP contribution in [0.1, 0.15) is 12.0 Å². The van der Waals surface area contributed by atoms with E-state index in [0.717, 1.165) is 12.1 Å². The first-order valence-corrected chi connectivity index (χ1v) is 9.26. The normalized spacial score (nSPS) is 13.1. The number of carbonyl (C=O) groups excluding carboxylic acids is 1. The van der Waals surface area contributed by atoms with Gasteiger partial charge in [0.15, 0.2) is 0 Å². The Hall–Kier alpha value is -3.48. The highest BCUT2D eigenvalue weighted by molar-refractivity contribution is 5.93. The van der Waals surface area contributed by atoms with Crippen LogP contribution in [0.15, 0.2) is 59.5 Å². The Labute approximate surface area is 162 Å². The number of carbonyl (C=O) groups is 1. The molecule has 0 fully saturated rings. The van der Waals surface area contributed by atoms with E-state index in [1.54, 1.807) is 17.7 Å². The first-order valence-electron chi connectivity index (χ1n) is 9.26. The molecule has 28 heavy (non-hydrogen) atoms. The van der Waals surface area contributed by atoms with Gasteiger partial charge in [-0.2, -0.15) is 0 Å². The summed E-state index contributed by atoms with van der Waals surface area (Å²) >= 11 is 0.